The number of carbonyl (C=O) groups is 1. The molecule has 1 fully saturated rings. The quantitative estimate of drug-likeness (QED) is 0.318. The Bertz CT molecular complexity index is 1610. The second-order valence-electron chi connectivity index (χ2n) is 8.69. The van der Waals surface area contributed by atoms with Crippen LogP contribution in [-0.4, -0.2) is 50.0 Å². The summed E-state index contributed by atoms with van der Waals surface area (Å²) in [6, 6.07) is 15.6. The minimum absolute atomic E-state index is 0. The summed E-state index contributed by atoms with van der Waals surface area (Å²) in [4.78, 5) is 24.5. The number of pyridine rings is 2. The van der Waals surface area contributed by atoms with Gasteiger partial charge in [0, 0.05) is 34.9 Å². The minimum atomic E-state index is -0.645. The number of aromatic nitrogens is 5. The summed E-state index contributed by atoms with van der Waals surface area (Å²) in [6.45, 7) is 1.49. The molecule has 0 aliphatic carbocycles. The zero-order chi connectivity index (χ0) is 24.6. The van der Waals surface area contributed by atoms with Gasteiger partial charge >= 0.3 is 0 Å². The van der Waals surface area contributed by atoms with Gasteiger partial charge < -0.3 is 5.32 Å². The van der Waals surface area contributed by atoms with Gasteiger partial charge in [0.1, 0.15) is 17.2 Å². The van der Waals surface area contributed by atoms with Gasteiger partial charge in [0.05, 0.1) is 17.3 Å². The molecule has 188 valence electrons. The van der Waals surface area contributed by atoms with Gasteiger partial charge in [-0.25, -0.2) is 14.4 Å². The monoisotopic (exact) mass is 581 g/mol. The first-order valence-corrected chi connectivity index (χ1v) is 12.4. The molecule has 1 amide bonds. The van der Waals surface area contributed by atoms with Crippen molar-refractivity contribution >= 4 is 62.0 Å². The number of halogens is 3. The molecule has 3 aromatic heterocycles. The first-order chi connectivity index (χ1) is 17.6. The topological polar surface area (TPSA) is 88.8 Å². The molecule has 1 N–H and O–H groups in total. The molecular formula is C26H22BrClFN7O. The van der Waals surface area contributed by atoms with Crippen molar-refractivity contribution < 1.29 is 9.18 Å². The highest BCUT2D eigenvalue weighted by Crippen LogP contribution is 2.31. The van der Waals surface area contributed by atoms with E-state index in [1.807, 2.05) is 24.3 Å². The van der Waals surface area contributed by atoms with Gasteiger partial charge in [-0.15, -0.1) is 17.5 Å². The summed E-state index contributed by atoms with van der Waals surface area (Å²) >= 11 is 3.51. The van der Waals surface area contributed by atoms with Crippen molar-refractivity contribution in [2.24, 2.45) is 0 Å². The van der Waals surface area contributed by atoms with Crippen molar-refractivity contribution in [2.45, 2.75) is 18.9 Å². The molecular weight excluding hydrogens is 561 g/mol. The van der Waals surface area contributed by atoms with E-state index < -0.39 is 11.7 Å². The summed E-state index contributed by atoms with van der Waals surface area (Å²) in [6.07, 6.45) is 5.02. The average molecular weight is 583 g/mol. The molecule has 1 saturated heterocycles. The van der Waals surface area contributed by atoms with Crippen LogP contribution < -0.4 is 10.2 Å². The molecule has 4 heterocycles. The molecule has 0 bridgehead atoms. The number of amides is 1. The highest BCUT2D eigenvalue weighted by molar-refractivity contribution is 9.10. The predicted octanol–water partition coefficient (Wildman–Crippen LogP) is 5.09. The third-order valence-electron chi connectivity index (χ3n) is 6.42. The zero-order valence-corrected chi connectivity index (χ0v) is 21.9. The van der Waals surface area contributed by atoms with Gasteiger partial charge in [-0.3, -0.25) is 9.69 Å². The van der Waals surface area contributed by atoms with E-state index >= 15 is 4.39 Å². The van der Waals surface area contributed by atoms with Gasteiger partial charge in [-0.2, -0.15) is 4.68 Å². The summed E-state index contributed by atoms with van der Waals surface area (Å²) in [5, 5.41) is 13.3. The molecule has 2 aromatic carbocycles. The Balaban J connectivity index is 0.00000280. The molecule has 0 unspecified atom stereocenters. The Morgan fingerprint density at radius 3 is 2.81 bits per heavy atom. The number of piperidine rings is 1. The number of hydrogen-bond acceptors (Lipinski definition) is 6. The van der Waals surface area contributed by atoms with E-state index in [1.165, 1.54) is 16.8 Å². The Labute approximate surface area is 226 Å². The van der Waals surface area contributed by atoms with Crippen LogP contribution in [0.5, 0.6) is 0 Å². The highest BCUT2D eigenvalue weighted by Gasteiger charge is 2.31. The number of hydrogen-bond donors (Lipinski definition) is 1. The van der Waals surface area contributed by atoms with Crippen molar-refractivity contribution in [3.63, 3.8) is 0 Å². The van der Waals surface area contributed by atoms with Gasteiger partial charge in [-0.05, 0) is 73.3 Å². The first-order valence-electron chi connectivity index (χ1n) is 11.6. The van der Waals surface area contributed by atoms with Gasteiger partial charge in [0.25, 0.3) is 5.91 Å². The van der Waals surface area contributed by atoms with Crippen LogP contribution in [-0.2, 0) is 0 Å². The Kier molecular flexibility index (Phi) is 7.14. The first kappa shape index (κ1) is 25.2. The van der Waals surface area contributed by atoms with Crippen LogP contribution in [0.4, 0.5) is 10.2 Å². The molecule has 5 aromatic rings. The summed E-state index contributed by atoms with van der Waals surface area (Å²) in [7, 11) is 0. The Morgan fingerprint density at radius 2 is 2.00 bits per heavy atom. The summed E-state index contributed by atoms with van der Waals surface area (Å²) < 4.78 is 17.9. The van der Waals surface area contributed by atoms with Crippen LogP contribution in [0.2, 0.25) is 0 Å². The maximum absolute atomic E-state index is 15.5. The minimum Gasteiger partial charge on any atom is -0.315 e. The van der Waals surface area contributed by atoms with Crippen LogP contribution in [0.3, 0.4) is 0 Å². The van der Waals surface area contributed by atoms with E-state index in [-0.39, 0.29) is 24.0 Å². The van der Waals surface area contributed by atoms with Gasteiger partial charge in [-0.1, -0.05) is 21.1 Å². The lowest BCUT2D eigenvalue weighted by atomic mass is 10.0. The van der Waals surface area contributed by atoms with E-state index in [0.717, 1.165) is 34.6 Å². The molecule has 0 radical (unpaired) electrons. The maximum atomic E-state index is 15.5. The number of fused-ring (bicyclic) bond motifs is 2. The number of nitrogens with zero attached hydrogens (tertiary/aromatic N) is 6. The van der Waals surface area contributed by atoms with E-state index in [2.05, 4.69) is 41.5 Å². The van der Waals surface area contributed by atoms with Crippen molar-refractivity contribution in [1.82, 2.24) is 30.3 Å². The molecule has 0 saturated carbocycles. The number of nitrogens with one attached hydrogen (secondary N) is 1. The molecule has 8 nitrogen and oxygen atoms in total. The fraction of sp³-hybridized carbons (Fsp3) is 0.192. The van der Waals surface area contributed by atoms with Crippen molar-refractivity contribution in [2.75, 3.05) is 18.0 Å². The van der Waals surface area contributed by atoms with Crippen LogP contribution in [0.25, 0.3) is 27.6 Å². The fourth-order valence-corrected chi connectivity index (χ4v) is 5.07. The van der Waals surface area contributed by atoms with Crippen molar-refractivity contribution in [1.29, 1.82) is 0 Å². The molecule has 1 aliphatic rings. The summed E-state index contributed by atoms with van der Waals surface area (Å²) in [5.41, 5.74) is 1.52. The maximum Gasteiger partial charge on any atom is 0.262 e. The SMILES string of the molecule is Cl.O=C(c1ccc(-n2nnc3cccnc32)cc1F)N(c1nccc2cc(Br)ccc12)[C@@H]1CCCNC1. The smallest absolute Gasteiger partial charge is 0.262 e. The van der Waals surface area contributed by atoms with Gasteiger partial charge in [0.15, 0.2) is 5.65 Å². The van der Waals surface area contributed by atoms with E-state index in [1.54, 1.807) is 35.5 Å². The normalized spacial score (nSPS) is 15.5. The van der Waals surface area contributed by atoms with Crippen LogP contribution in [0, 0.1) is 5.82 Å². The summed E-state index contributed by atoms with van der Waals surface area (Å²) in [5.74, 6) is -0.556. The molecule has 1 aliphatic heterocycles. The molecule has 1 atom stereocenters. The number of rotatable bonds is 4. The number of carbonyl (C=O) groups excluding carboxylic acids is 1. The third kappa shape index (κ3) is 4.68. The molecule has 11 heteroatoms. The van der Waals surface area contributed by atoms with E-state index in [4.69, 9.17) is 0 Å². The van der Waals surface area contributed by atoms with Crippen molar-refractivity contribution in [3.8, 4) is 5.69 Å². The predicted molar refractivity (Wildman–Crippen MR) is 146 cm³/mol. The lowest BCUT2D eigenvalue weighted by Gasteiger charge is -2.34. The number of benzene rings is 2. The molecule has 0 spiro atoms. The van der Waals surface area contributed by atoms with E-state index in [0.29, 0.717) is 29.2 Å². The van der Waals surface area contributed by atoms with Crippen molar-refractivity contribution in [3.05, 3.63) is 82.8 Å². The second-order valence-corrected chi connectivity index (χ2v) is 9.60. The van der Waals surface area contributed by atoms with Crippen LogP contribution in [0.1, 0.15) is 23.2 Å². The lowest BCUT2D eigenvalue weighted by Crippen LogP contribution is -2.49. The third-order valence-corrected chi connectivity index (χ3v) is 6.92. The Hall–Kier alpha value is -3.47. The highest BCUT2D eigenvalue weighted by atomic mass is 79.9. The van der Waals surface area contributed by atoms with E-state index in [9.17, 15) is 4.79 Å². The fourth-order valence-electron chi connectivity index (χ4n) is 4.69. The average Bonchev–Trinajstić information content (AvgIpc) is 3.33. The zero-order valence-electron chi connectivity index (χ0n) is 19.5. The Morgan fingerprint density at radius 1 is 1.11 bits per heavy atom. The molecule has 37 heavy (non-hydrogen) atoms. The van der Waals surface area contributed by atoms with Crippen LogP contribution in [0.15, 0.2) is 71.5 Å². The molecule has 6 rings (SSSR count). The van der Waals surface area contributed by atoms with Crippen LogP contribution >= 0.6 is 28.3 Å². The van der Waals surface area contributed by atoms with Gasteiger partial charge in [0.2, 0.25) is 0 Å². The largest absolute Gasteiger partial charge is 0.315 e. The number of anilines is 1. The second kappa shape index (κ2) is 10.5. The standard InChI is InChI=1S/C26H21BrFN7O.ClH/c27-17-5-7-20-16(13-17)9-12-31-24(20)34(19-3-1-10-29-15-19)26(36)21-8-6-18(14-22(21)28)35-25-23(32-33-35)4-2-11-30-25;/h2,4-9,11-14,19,29H,1,3,10,15H2;1H/t19-;/m1./s1. The lowest BCUT2D eigenvalue weighted by molar-refractivity contribution is 0.0968.